The molecule has 0 heterocycles. The maximum Gasteiger partial charge on any atom is 0.406 e. The summed E-state index contributed by atoms with van der Waals surface area (Å²) in [6.45, 7) is 2.80. The maximum absolute atomic E-state index is 13.5. The van der Waals surface area contributed by atoms with Gasteiger partial charge in [-0.15, -0.1) is 0 Å². The van der Waals surface area contributed by atoms with Crippen LogP contribution >= 0.6 is 0 Å². The molecule has 41 heavy (non-hydrogen) atoms. The fraction of sp³-hybridized carbons (Fsp3) is 0.360. The molecule has 0 spiro atoms. The van der Waals surface area contributed by atoms with E-state index in [2.05, 4.69) is 19.9 Å². The summed E-state index contributed by atoms with van der Waals surface area (Å²) in [6, 6.07) is 1.63. The Morgan fingerprint density at radius 1 is 0.829 bits per heavy atom. The fourth-order valence-corrected chi connectivity index (χ4v) is 3.32. The highest BCUT2D eigenvalue weighted by Gasteiger charge is 2.21. The van der Waals surface area contributed by atoms with Gasteiger partial charge in [-0.2, -0.15) is 0 Å². The van der Waals surface area contributed by atoms with Gasteiger partial charge >= 0.3 is 26.0 Å². The van der Waals surface area contributed by atoms with Crippen molar-refractivity contribution in [3.05, 3.63) is 82.1 Å². The van der Waals surface area contributed by atoms with Crippen LogP contribution in [0.4, 0.5) is 26.3 Å². The normalized spacial score (nSPS) is 11.4. The first-order valence-corrected chi connectivity index (χ1v) is 11.7. The summed E-state index contributed by atoms with van der Waals surface area (Å²) >= 11 is 0. The molecule has 4 N–H and O–H groups in total. The zero-order valence-corrected chi connectivity index (χ0v) is 22.0. The van der Waals surface area contributed by atoms with Gasteiger partial charge < -0.3 is 30.0 Å². The zero-order valence-electron chi connectivity index (χ0n) is 22.0. The van der Waals surface area contributed by atoms with E-state index in [0.717, 1.165) is 19.3 Å². The second-order valence-electron chi connectivity index (χ2n) is 8.43. The number of carbonyl (C=O) groups is 2. The van der Waals surface area contributed by atoms with Gasteiger partial charge in [0.2, 0.25) is 0 Å². The summed E-state index contributed by atoms with van der Waals surface area (Å²) in [5.41, 5.74) is -0.144. The van der Waals surface area contributed by atoms with Crippen LogP contribution in [0.3, 0.4) is 0 Å². The molecule has 2 aromatic rings. The van der Waals surface area contributed by atoms with Crippen LogP contribution in [0, 0.1) is 34.9 Å². The molecule has 226 valence electrons. The molecule has 0 aliphatic heterocycles. The standard InChI is InChI=1S/C12H15BF3NO3.C12H13BF3NO3.CH4/c2*1-13(19)17-8(5-12(18)20-2)3-7-4-10(15)11(16)6-9(7)14;/h4,6,8,17,19H,3,5H2,1-2H3;4-6,17,19H,3H2,1-2H3;1H4/b;8-5-;. The predicted octanol–water partition coefficient (Wildman–Crippen LogP) is 3.32. The Labute approximate surface area is 235 Å². The van der Waals surface area contributed by atoms with E-state index in [9.17, 15) is 46.0 Å². The molecule has 0 fully saturated rings. The minimum atomic E-state index is -1.30. The summed E-state index contributed by atoms with van der Waals surface area (Å²) in [4.78, 5) is 22.4. The molecule has 0 aliphatic carbocycles. The lowest BCUT2D eigenvalue weighted by molar-refractivity contribution is -0.141. The third-order valence-corrected chi connectivity index (χ3v) is 5.03. The van der Waals surface area contributed by atoms with Gasteiger partial charge in [0, 0.05) is 36.4 Å². The van der Waals surface area contributed by atoms with Crippen molar-refractivity contribution < 1.29 is 55.5 Å². The predicted molar refractivity (Wildman–Crippen MR) is 141 cm³/mol. The Kier molecular flexibility index (Phi) is 16.5. The number of nitrogens with one attached hydrogen (secondary N) is 2. The van der Waals surface area contributed by atoms with Crippen molar-refractivity contribution in [1.29, 1.82) is 0 Å². The average molecular weight is 592 g/mol. The number of rotatable bonds is 11. The quantitative estimate of drug-likeness (QED) is 0.103. The highest BCUT2D eigenvalue weighted by molar-refractivity contribution is 6.46. The van der Waals surface area contributed by atoms with E-state index >= 15 is 0 Å². The van der Waals surface area contributed by atoms with Gasteiger partial charge in [0.1, 0.15) is 11.6 Å². The molecule has 2 rings (SSSR count). The van der Waals surface area contributed by atoms with Crippen LogP contribution in [0.1, 0.15) is 25.0 Å². The number of ether oxygens (including phenoxy) is 2. The summed E-state index contributed by atoms with van der Waals surface area (Å²) in [7, 11) is 0.383. The van der Waals surface area contributed by atoms with Crippen LogP contribution in [-0.4, -0.2) is 56.3 Å². The Balaban J connectivity index is 0.000000762. The number of halogens is 6. The lowest BCUT2D eigenvalue weighted by atomic mass is 9.85. The molecule has 0 saturated heterocycles. The second kappa shape index (κ2) is 18.0. The number of methoxy groups -OCH3 is 2. The van der Waals surface area contributed by atoms with Gasteiger partial charge in [-0.05, 0) is 43.3 Å². The van der Waals surface area contributed by atoms with Crippen molar-refractivity contribution in [2.24, 2.45) is 0 Å². The highest BCUT2D eigenvalue weighted by Crippen LogP contribution is 2.18. The summed E-state index contributed by atoms with van der Waals surface area (Å²) < 4.78 is 87.8. The minimum Gasteiger partial charge on any atom is -0.469 e. The Morgan fingerprint density at radius 2 is 1.32 bits per heavy atom. The van der Waals surface area contributed by atoms with Crippen LogP contribution in [0.5, 0.6) is 0 Å². The first kappa shape index (κ1) is 37.5. The van der Waals surface area contributed by atoms with Crippen molar-refractivity contribution in [3.63, 3.8) is 0 Å². The lowest BCUT2D eigenvalue weighted by Gasteiger charge is -2.18. The molecule has 0 aromatic heterocycles. The SMILES string of the molecule is C.COC(=O)/C=C(/Cc1cc(F)c(F)cc1F)NB(C)O.COC(=O)CC(Cc1cc(F)c(F)cc1F)NB(C)O. The number of esters is 2. The molecular weight excluding hydrogens is 560 g/mol. The number of carbonyl (C=O) groups excluding carboxylic acids is 2. The summed E-state index contributed by atoms with van der Waals surface area (Å²) in [5, 5.41) is 23.6. The first-order valence-electron chi connectivity index (χ1n) is 11.7. The van der Waals surface area contributed by atoms with E-state index < -0.39 is 67.0 Å². The third kappa shape index (κ3) is 13.6. The van der Waals surface area contributed by atoms with Crippen molar-refractivity contribution in [1.82, 2.24) is 10.5 Å². The number of hydrogen-bond acceptors (Lipinski definition) is 8. The van der Waals surface area contributed by atoms with Gasteiger partial charge in [-0.25, -0.2) is 31.1 Å². The second-order valence-corrected chi connectivity index (χ2v) is 8.43. The third-order valence-electron chi connectivity index (χ3n) is 5.03. The van der Waals surface area contributed by atoms with E-state index in [1.165, 1.54) is 20.8 Å². The molecule has 0 radical (unpaired) electrons. The van der Waals surface area contributed by atoms with Crippen molar-refractivity contribution in [2.45, 2.75) is 46.4 Å². The zero-order chi connectivity index (χ0) is 30.6. The van der Waals surface area contributed by atoms with Gasteiger partial charge in [0.05, 0.1) is 20.6 Å². The van der Waals surface area contributed by atoms with Crippen LogP contribution in [0.2, 0.25) is 13.6 Å². The number of allylic oxidation sites excluding steroid dienone is 1. The summed E-state index contributed by atoms with van der Waals surface area (Å²) in [6.07, 6.45) is 0.527. The number of hydrogen-bond donors (Lipinski definition) is 4. The maximum atomic E-state index is 13.5. The molecule has 0 saturated carbocycles. The molecule has 1 atom stereocenters. The Hall–Kier alpha value is -3.49. The molecular formula is C25H32B2F6N2O6. The van der Waals surface area contributed by atoms with Crippen molar-refractivity contribution in [2.75, 3.05) is 14.2 Å². The van der Waals surface area contributed by atoms with Crippen LogP contribution in [-0.2, 0) is 31.9 Å². The van der Waals surface area contributed by atoms with Crippen molar-refractivity contribution in [3.8, 4) is 0 Å². The van der Waals surface area contributed by atoms with E-state index in [0.29, 0.717) is 18.2 Å². The topological polar surface area (TPSA) is 117 Å². The minimum absolute atomic E-state index is 0. The molecule has 0 amide bonds. The molecule has 0 aliphatic rings. The summed E-state index contributed by atoms with van der Waals surface area (Å²) in [5.74, 6) is -8.10. The van der Waals surface area contributed by atoms with Crippen LogP contribution in [0.25, 0.3) is 0 Å². The first-order chi connectivity index (χ1) is 18.7. The molecule has 1 unspecified atom stereocenters. The van der Waals surface area contributed by atoms with E-state index in [1.54, 1.807) is 0 Å². The Morgan fingerprint density at radius 3 is 1.78 bits per heavy atom. The van der Waals surface area contributed by atoms with Crippen LogP contribution in [0.15, 0.2) is 36.0 Å². The average Bonchev–Trinajstić information content (AvgIpc) is 2.85. The van der Waals surface area contributed by atoms with Gasteiger partial charge in [0.25, 0.3) is 0 Å². The fourth-order valence-electron chi connectivity index (χ4n) is 3.32. The molecule has 8 nitrogen and oxygen atoms in total. The highest BCUT2D eigenvalue weighted by atomic mass is 19.2. The Bertz CT molecular complexity index is 1200. The smallest absolute Gasteiger partial charge is 0.406 e. The van der Waals surface area contributed by atoms with Crippen molar-refractivity contribution >= 4 is 26.0 Å². The lowest BCUT2D eigenvalue weighted by Crippen LogP contribution is -2.42. The van der Waals surface area contributed by atoms with E-state index in [1.807, 2.05) is 0 Å². The molecule has 2 aromatic carbocycles. The largest absolute Gasteiger partial charge is 0.469 e. The molecule has 16 heteroatoms. The van der Waals surface area contributed by atoms with Crippen LogP contribution < -0.4 is 10.5 Å². The van der Waals surface area contributed by atoms with Gasteiger partial charge in [-0.1, -0.05) is 7.43 Å². The monoisotopic (exact) mass is 592 g/mol. The molecule has 0 bridgehead atoms. The van der Waals surface area contributed by atoms with Gasteiger partial charge in [0.15, 0.2) is 23.3 Å². The van der Waals surface area contributed by atoms with E-state index in [4.69, 9.17) is 0 Å². The van der Waals surface area contributed by atoms with E-state index in [-0.39, 0.29) is 43.5 Å². The van der Waals surface area contributed by atoms with Gasteiger partial charge in [-0.3, -0.25) is 4.79 Å². The number of benzene rings is 2.